The number of benzene rings is 1. The molecule has 0 aliphatic carbocycles. The zero-order valence-electron chi connectivity index (χ0n) is 12.3. The quantitative estimate of drug-likeness (QED) is 0.743. The molecule has 0 atom stereocenters. The minimum Gasteiger partial charge on any atom is -0.337 e. The van der Waals surface area contributed by atoms with E-state index in [-0.39, 0.29) is 6.03 Å². The highest BCUT2D eigenvalue weighted by molar-refractivity contribution is 5.89. The molecule has 0 spiro atoms. The molecule has 2 heterocycles. The fourth-order valence-electron chi connectivity index (χ4n) is 2.00. The zero-order valence-corrected chi connectivity index (χ0v) is 12.3. The summed E-state index contributed by atoms with van der Waals surface area (Å²) in [7, 11) is 0. The summed E-state index contributed by atoms with van der Waals surface area (Å²) in [4.78, 5) is 16.0. The standard InChI is InChI=1S/C15H15N7O/c23-15(17-10-8-12-3-1-2-9-16-12)19-13-4-6-14(7-5-13)22-11-18-20-21-22/h1-7,9,11H,8,10H2,(H2,17,19,23). The largest absolute Gasteiger partial charge is 0.337 e. The SMILES string of the molecule is O=C(NCCc1ccccn1)Nc1ccc(-n2cnnn2)cc1. The zero-order chi connectivity index (χ0) is 15.9. The first-order valence-electron chi connectivity index (χ1n) is 7.09. The number of aromatic nitrogens is 5. The number of hydrogen-bond donors (Lipinski definition) is 2. The molecule has 1 aromatic carbocycles. The Balaban J connectivity index is 1.48. The molecule has 8 nitrogen and oxygen atoms in total. The molecule has 0 aliphatic heterocycles. The Morgan fingerprint density at radius 2 is 2.00 bits per heavy atom. The van der Waals surface area contributed by atoms with Crippen LogP contribution in [0.1, 0.15) is 5.69 Å². The van der Waals surface area contributed by atoms with E-state index in [1.54, 1.807) is 18.3 Å². The van der Waals surface area contributed by atoms with Crippen molar-refractivity contribution in [1.29, 1.82) is 0 Å². The average Bonchev–Trinajstić information content (AvgIpc) is 3.11. The van der Waals surface area contributed by atoms with Gasteiger partial charge in [-0.15, -0.1) is 5.10 Å². The molecule has 0 aliphatic rings. The van der Waals surface area contributed by atoms with Crippen LogP contribution in [0.15, 0.2) is 55.0 Å². The molecule has 0 saturated heterocycles. The molecule has 0 fully saturated rings. The van der Waals surface area contributed by atoms with Crippen molar-refractivity contribution in [2.75, 3.05) is 11.9 Å². The van der Waals surface area contributed by atoms with E-state index in [0.29, 0.717) is 18.7 Å². The van der Waals surface area contributed by atoms with Crippen molar-refractivity contribution in [3.05, 3.63) is 60.7 Å². The predicted octanol–water partition coefficient (Wildman–Crippen LogP) is 1.42. The molecule has 3 aromatic rings. The summed E-state index contributed by atoms with van der Waals surface area (Å²) in [6, 6.07) is 12.7. The predicted molar refractivity (Wildman–Crippen MR) is 84.1 cm³/mol. The highest BCUT2D eigenvalue weighted by Gasteiger charge is 2.03. The van der Waals surface area contributed by atoms with Gasteiger partial charge in [-0.3, -0.25) is 4.98 Å². The smallest absolute Gasteiger partial charge is 0.319 e. The second-order valence-electron chi connectivity index (χ2n) is 4.75. The summed E-state index contributed by atoms with van der Waals surface area (Å²) in [6.07, 6.45) is 3.93. The number of anilines is 1. The van der Waals surface area contributed by atoms with Crippen LogP contribution in [0.4, 0.5) is 10.5 Å². The lowest BCUT2D eigenvalue weighted by Gasteiger charge is -2.08. The first kappa shape index (κ1) is 14.6. The molecular weight excluding hydrogens is 294 g/mol. The maximum absolute atomic E-state index is 11.8. The number of nitrogens with one attached hydrogen (secondary N) is 2. The minimum absolute atomic E-state index is 0.254. The van der Waals surface area contributed by atoms with Gasteiger partial charge in [-0.1, -0.05) is 6.07 Å². The van der Waals surface area contributed by atoms with Crippen LogP contribution in [-0.4, -0.2) is 37.8 Å². The molecule has 3 rings (SSSR count). The molecule has 23 heavy (non-hydrogen) atoms. The van der Waals surface area contributed by atoms with Gasteiger partial charge in [0, 0.05) is 30.5 Å². The molecule has 8 heteroatoms. The van der Waals surface area contributed by atoms with Crippen LogP contribution in [0.5, 0.6) is 0 Å². The number of carbonyl (C=O) groups is 1. The van der Waals surface area contributed by atoms with Crippen molar-refractivity contribution in [2.24, 2.45) is 0 Å². The van der Waals surface area contributed by atoms with E-state index in [0.717, 1.165) is 11.4 Å². The van der Waals surface area contributed by atoms with Crippen LogP contribution < -0.4 is 10.6 Å². The summed E-state index contributed by atoms with van der Waals surface area (Å²) >= 11 is 0. The van der Waals surface area contributed by atoms with Gasteiger partial charge in [-0.05, 0) is 46.8 Å². The van der Waals surface area contributed by atoms with Crippen LogP contribution in [0.3, 0.4) is 0 Å². The van der Waals surface area contributed by atoms with E-state index in [1.165, 1.54) is 11.0 Å². The van der Waals surface area contributed by atoms with Gasteiger partial charge in [0.15, 0.2) is 0 Å². The Morgan fingerprint density at radius 1 is 1.13 bits per heavy atom. The van der Waals surface area contributed by atoms with Gasteiger partial charge in [-0.25, -0.2) is 9.48 Å². The molecule has 2 N–H and O–H groups in total. The van der Waals surface area contributed by atoms with Gasteiger partial charge in [0.25, 0.3) is 0 Å². The fourth-order valence-corrected chi connectivity index (χ4v) is 2.00. The van der Waals surface area contributed by atoms with Crippen LogP contribution in [0.25, 0.3) is 5.69 Å². The van der Waals surface area contributed by atoms with Crippen molar-refractivity contribution in [2.45, 2.75) is 6.42 Å². The maximum Gasteiger partial charge on any atom is 0.319 e. The van der Waals surface area contributed by atoms with Gasteiger partial charge in [-0.2, -0.15) is 0 Å². The normalized spacial score (nSPS) is 10.3. The van der Waals surface area contributed by atoms with Crippen molar-refractivity contribution in [1.82, 2.24) is 30.5 Å². The number of pyridine rings is 1. The van der Waals surface area contributed by atoms with Gasteiger partial charge in [0.2, 0.25) is 0 Å². The van der Waals surface area contributed by atoms with Gasteiger partial charge in [0.1, 0.15) is 6.33 Å². The number of urea groups is 1. The minimum atomic E-state index is -0.254. The Hall–Kier alpha value is -3.29. The van der Waals surface area contributed by atoms with Crippen molar-refractivity contribution in [3.8, 4) is 5.69 Å². The molecule has 0 saturated carbocycles. The lowest BCUT2D eigenvalue weighted by Crippen LogP contribution is -2.30. The third kappa shape index (κ3) is 4.10. The highest BCUT2D eigenvalue weighted by atomic mass is 16.2. The topological polar surface area (TPSA) is 97.6 Å². The fraction of sp³-hybridized carbons (Fsp3) is 0.133. The molecule has 0 unspecified atom stereocenters. The number of nitrogens with zero attached hydrogens (tertiary/aromatic N) is 5. The lowest BCUT2D eigenvalue weighted by atomic mass is 10.2. The van der Waals surface area contributed by atoms with Crippen molar-refractivity contribution < 1.29 is 4.79 Å². The number of hydrogen-bond acceptors (Lipinski definition) is 5. The third-order valence-corrected chi connectivity index (χ3v) is 3.13. The van der Waals surface area contributed by atoms with E-state index in [1.807, 2.05) is 30.3 Å². The molecule has 0 bridgehead atoms. The number of tetrazole rings is 1. The van der Waals surface area contributed by atoms with E-state index < -0.39 is 0 Å². The molecule has 0 radical (unpaired) electrons. The van der Waals surface area contributed by atoms with Crippen molar-refractivity contribution >= 4 is 11.7 Å². The van der Waals surface area contributed by atoms with E-state index in [9.17, 15) is 4.79 Å². The van der Waals surface area contributed by atoms with Crippen LogP contribution >= 0.6 is 0 Å². The van der Waals surface area contributed by atoms with Crippen LogP contribution in [0, 0.1) is 0 Å². The monoisotopic (exact) mass is 309 g/mol. The summed E-state index contributed by atoms with van der Waals surface area (Å²) in [5.41, 5.74) is 2.45. The number of carbonyl (C=O) groups excluding carboxylic acids is 1. The Bertz CT molecular complexity index is 741. The first-order valence-corrected chi connectivity index (χ1v) is 7.09. The molecule has 2 amide bonds. The lowest BCUT2D eigenvalue weighted by molar-refractivity contribution is 0.252. The summed E-state index contributed by atoms with van der Waals surface area (Å²) < 4.78 is 1.54. The average molecular weight is 309 g/mol. The van der Waals surface area contributed by atoms with E-state index >= 15 is 0 Å². The summed E-state index contributed by atoms with van der Waals surface area (Å²) in [5, 5.41) is 16.5. The van der Waals surface area contributed by atoms with Crippen LogP contribution in [-0.2, 0) is 6.42 Å². The maximum atomic E-state index is 11.8. The van der Waals surface area contributed by atoms with Crippen molar-refractivity contribution in [3.63, 3.8) is 0 Å². The van der Waals surface area contributed by atoms with Crippen LogP contribution in [0.2, 0.25) is 0 Å². The Kier molecular flexibility index (Phi) is 4.53. The van der Waals surface area contributed by atoms with Gasteiger partial charge in [0.05, 0.1) is 5.69 Å². The highest BCUT2D eigenvalue weighted by Crippen LogP contribution is 2.11. The molecular formula is C15H15N7O. The molecule has 2 aromatic heterocycles. The second-order valence-corrected chi connectivity index (χ2v) is 4.75. The second kappa shape index (κ2) is 7.12. The molecule has 116 valence electrons. The van der Waals surface area contributed by atoms with Gasteiger partial charge < -0.3 is 10.6 Å². The third-order valence-electron chi connectivity index (χ3n) is 3.13. The summed E-state index contributed by atoms with van der Waals surface area (Å²) in [5.74, 6) is 0. The first-order chi connectivity index (χ1) is 11.3. The number of rotatable bonds is 5. The Morgan fingerprint density at radius 3 is 2.70 bits per heavy atom. The summed E-state index contributed by atoms with van der Waals surface area (Å²) in [6.45, 7) is 0.519. The Labute approximate surface area is 132 Å². The van der Waals surface area contributed by atoms with Gasteiger partial charge >= 0.3 is 6.03 Å². The van der Waals surface area contributed by atoms with E-state index in [4.69, 9.17) is 0 Å². The van der Waals surface area contributed by atoms with E-state index in [2.05, 4.69) is 31.1 Å². The number of amides is 2.